The summed E-state index contributed by atoms with van der Waals surface area (Å²) in [5, 5.41) is 1.93. The largest absolute Gasteiger partial charge is 0.484 e. The second-order valence-corrected chi connectivity index (χ2v) is 6.74. The van der Waals surface area contributed by atoms with Crippen molar-refractivity contribution in [3.05, 3.63) is 82.6 Å². The van der Waals surface area contributed by atoms with Gasteiger partial charge in [0.25, 0.3) is 5.91 Å². The number of alkyl halides is 3. The van der Waals surface area contributed by atoms with Gasteiger partial charge in [-0.25, -0.2) is 0 Å². The fourth-order valence-corrected chi connectivity index (χ4v) is 3.15. The SMILES string of the molecule is O=C(COc1ccc(C(F)(F)F)cc1)N(Cc1cccs1)c1ccccc1. The molecule has 0 aliphatic carbocycles. The molecule has 3 nitrogen and oxygen atoms in total. The summed E-state index contributed by atoms with van der Waals surface area (Å²) in [6, 6.07) is 17.3. The molecule has 27 heavy (non-hydrogen) atoms. The number of anilines is 1. The summed E-state index contributed by atoms with van der Waals surface area (Å²) in [6.45, 7) is 0.127. The molecule has 1 aromatic heterocycles. The van der Waals surface area contributed by atoms with E-state index in [1.54, 1.807) is 16.2 Å². The van der Waals surface area contributed by atoms with Gasteiger partial charge in [0.15, 0.2) is 6.61 Å². The normalized spacial score (nSPS) is 11.2. The Kier molecular flexibility index (Phi) is 5.81. The van der Waals surface area contributed by atoms with Crippen molar-refractivity contribution in [2.75, 3.05) is 11.5 Å². The zero-order valence-electron chi connectivity index (χ0n) is 14.1. The smallest absolute Gasteiger partial charge is 0.416 e. The lowest BCUT2D eigenvalue weighted by atomic mass is 10.2. The van der Waals surface area contributed by atoms with Gasteiger partial charge in [0.2, 0.25) is 0 Å². The number of ether oxygens (including phenoxy) is 1. The average molecular weight is 391 g/mol. The number of para-hydroxylation sites is 1. The molecule has 0 fully saturated rings. The third-order valence-corrected chi connectivity index (χ3v) is 4.67. The summed E-state index contributed by atoms with van der Waals surface area (Å²) in [4.78, 5) is 15.3. The Balaban J connectivity index is 1.69. The van der Waals surface area contributed by atoms with E-state index < -0.39 is 11.7 Å². The molecule has 1 heterocycles. The van der Waals surface area contributed by atoms with Crippen molar-refractivity contribution in [2.24, 2.45) is 0 Å². The van der Waals surface area contributed by atoms with Crippen LogP contribution in [0.5, 0.6) is 5.75 Å². The lowest BCUT2D eigenvalue weighted by Gasteiger charge is -2.22. The van der Waals surface area contributed by atoms with E-state index in [-0.39, 0.29) is 18.3 Å². The van der Waals surface area contributed by atoms with Crippen molar-refractivity contribution in [3.63, 3.8) is 0 Å². The molecule has 0 N–H and O–H groups in total. The van der Waals surface area contributed by atoms with Crippen molar-refractivity contribution in [1.82, 2.24) is 0 Å². The second-order valence-electron chi connectivity index (χ2n) is 5.71. The Morgan fingerprint density at radius 3 is 2.26 bits per heavy atom. The number of carbonyl (C=O) groups is 1. The number of benzene rings is 2. The first kappa shape index (κ1) is 19.0. The minimum absolute atomic E-state index is 0.209. The Morgan fingerprint density at radius 1 is 0.963 bits per heavy atom. The highest BCUT2D eigenvalue weighted by molar-refractivity contribution is 7.09. The number of halogens is 3. The van der Waals surface area contributed by atoms with Gasteiger partial charge in [0.05, 0.1) is 12.1 Å². The van der Waals surface area contributed by atoms with E-state index in [2.05, 4.69) is 0 Å². The van der Waals surface area contributed by atoms with Gasteiger partial charge in [0, 0.05) is 10.6 Å². The predicted molar refractivity (Wildman–Crippen MR) is 98.9 cm³/mol. The number of carbonyl (C=O) groups excluding carboxylic acids is 1. The van der Waals surface area contributed by atoms with E-state index >= 15 is 0 Å². The molecule has 0 radical (unpaired) electrons. The number of amides is 1. The topological polar surface area (TPSA) is 29.5 Å². The van der Waals surface area contributed by atoms with Gasteiger partial charge in [-0.1, -0.05) is 24.3 Å². The maximum Gasteiger partial charge on any atom is 0.416 e. The highest BCUT2D eigenvalue weighted by Gasteiger charge is 2.30. The second kappa shape index (κ2) is 8.26. The van der Waals surface area contributed by atoms with Crippen molar-refractivity contribution >= 4 is 22.9 Å². The molecule has 3 rings (SSSR count). The molecule has 2 aromatic carbocycles. The quantitative estimate of drug-likeness (QED) is 0.565. The molecule has 0 spiro atoms. The lowest BCUT2D eigenvalue weighted by molar-refractivity contribution is -0.137. The lowest BCUT2D eigenvalue weighted by Crippen LogP contribution is -2.34. The summed E-state index contributed by atoms with van der Waals surface area (Å²) in [7, 11) is 0. The first-order valence-electron chi connectivity index (χ1n) is 8.11. The average Bonchev–Trinajstić information content (AvgIpc) is 3.18. The molecule has 1 amide bonds. The molecule has 0 bridgehead atoms. The predicted octanol–water partition coefficient (Wildman–Crippen LogP) is 5.38. The molecule has 0 aliphatic rings. The highest BCUT2D eigenvalue weighted by atomic mass is 32.1. The first-order valence-corrected chi connectivity index (χ1v) is 8.99. The van der Waals surface area contributed by atoms with Crippen LogP contribution in [0.2, 0.25) is 0 Å². The fourth-order valence-electron chi connectivity index (χ4n) is 2.45. The molecule has 0 atom stereocenters. The molecular formula is C20H16F3NO2S. The van der Waals surface area contributed by atoms with E-state index in [0.717, 1.165) is 22.7 Å². The molecule has 7 heteroatoms. The maximum absolute atomic E-state index is 12.7. The molecule has 140 valence electrons. The van der Waals surface area contributed by atoms with Gasteiger partial charge < -0.3 is 9.64 Å². The minimum Gasteiger partial charge on any atom is -0.484 e. The van der Waals surface area contributed by atoms with E-state index in [1.165, 1.54) is 12.1 Å². The highest BCUT2D eigenvalue weighted by Crippen LogP contribution is 2.30. The number of nitrogens with zero attached hydrogens (tertiary/aromatic N) is 1. The summed E-state index contributed by atoms with van der Waals surface area (Å²) in [6.07, 6.45) is -4.40. The van der Waals surface area contributed by atoms with Crippen LogP contribution in [0.25, 0.3) is 0 Å². The molecule has 0 saturated carbocycles. The van der Waals surface area contributed by atoms with Crippen molar-refractivity contribution in [3.8, 4) is 5.75 Å². The van der Waals surface area contributed by atoms with E-state index in [4.69, 9.17) is 4.74 Å². The van der Waals surface area contributed by atoms with Gasteiger partial charge in [-0.2, -0.15) is 13.2 Å². The molecule has 0 unspecified atom stereocenters. The van der Waals surface area contributed by atoms with Gasteiger partial charge >= 0.3 is 6.18 Å². The summed E-state index contributed by atoms with van der Waals surface area (Å²) in [5.74, 6) is -0.0741. The molecule has 0 aliphatic heterocycles. The first-order chi connectivity index (χ1) is 12.9. The van der Waals surface area contributed by atoms with Crippen LogP contribution in [0.3, 0.4) is 0 Å². The van der Waals surface area contributed by atoms with Crippen molar-refractivity contribution < 1.29 is 22.7 Å². The van der Waals surface area contributed by atoms with Crippen LogP contribution in [0, 0.1) is 0 Å². The Labute approximate surface area is 158 Å². The summed E-state index contributed by atoms with van der Waals surface area (Å²) < 4.78 is 43.2. The number of hydrogen-bond donors (Lipinski definition) is 0. The number of thiophene rings is 1. The van der Waals surface area contributed by atoms with Crippen molar-refractivity contribution in [2.45, 2.75) is 12.7 Å². The third-order valence-electron chi connectivity index (χ3n) is 3.81. The minimum atomic E-state index is -4.40. The van der Waals surface area contributed by atoms with Crippen molar-refractivity contribution in [1.29, 1.82) is 0 Å². The standard InChI is InChI=1S/C20H16F3NO2S/c21-20(22,23)15-8-10-17(11-9-15)26-14-19(25)24(13-18-7-4-12-27-18)16-5-2-1-3-6-16/h1-12H,13-14H2. The monoisotopic (exact) mass is 391 g/mol. The van der Waals surface area contributed by atoms with E-state index in [0.29, 0.717) is 6.54 Å². The third kappa shape index (κ3) is 5.10. The van der Waals surface area contributed by atoms with Gasteiger partial charge in [-0.15, -0.1) is 11.3 Å². The van der Waals surface area contributed by atoms with Gasteiger partial charge in [-0.3, -0.25) is 4.79 Å². The van der Waals surface area contributed by atoms with Gasteiger partial charge in [-0.05, 0) is 47.8 Å². The molecular weight excluding hydrogens is 375 g/mol. The van der Waals surface area contributed by atoms with Crippen LogP contribution in [-0.2, 0) is 17.5 Å². The van der Waals surface area contributed by atoms with E-state index in [9.17, 15) is 18.0 Å². The number of rotatable bonds is 6. The zero-order chi connectivity index (χ0) is 19.3. The van der Waals surface area contributed by atoms with Crippen LogP contribution >= 0.6 is 11.3 Å². The van der Waals surface area contributed by atoms with Crippen LogP contribution in [0.15, 0.2) is 72.1 Å². The fraction of sp³-hybridized carbons (Fsp3) is 0.150. The Bertz CT molecular complexity index is 863. The number of hydrogen-bond acceptors (Lipinski definition) is 3. The molecule has 3 aromatic rings. The van der Waals surface area contributed by atoms with Gasteiger partial charge in [0.1, 0.15) is 5.75 Å². The Morgan fingerprint density at radius 2 is 1.67 bits per heavy atom. The summed E-state index contributed by atoms with van der Waals surface area (Å²) >= 11 is 1.54. The van der Waals surface area contributed by atoms with Crippen LogP contribution in [-0.4, -0.2) is 12.5 Å². The summed E-state index contributed by atoms with van der Waals surface area (Å²) in [5.41, 5.74) is -0.0308. The van der Waals surface area contributed by atoms with Crippen LogP contribution in [0.4, 0.5) is 18.9 Å². The van der Waals surface area contributed by atoms with Crippen LogP contribution < -0.4 is 9.64 Å². The van der Waals surface area contributed by atoms with E-state index in [1.807, 2.05) is 47.8 Å². The zero-order valence-corrected chi connectivity index (χ0v) is 15.0. The maximum atomic E-state index is 12.7. The Hall–Kier alpha value is -2.80. The molecule has 0 saturated heterocycles. The van der Waals surface area contributed by atoms with Crippen LogP contribution in [0.1, 0.15) is 10.4 Å².